The van der Waals surface area contributed by atoms with Crippen molar-refractivity contribution in [1.29, 1.82) is 0 Å². The lowest BCUT2D eigenvalue weighted by Gasteiger charge is -2.13. The standard InChI is InChI=1S/C11H13NO/c1-2-12-9-8-11(13-12)10-6-4-3-5-7-10/h3-8H,2,9H2,1H3. The fourth-order valence-electron chi connectivity index (χ4n) is 1.36. The summed E-state index contributed by atoms with van der Waals surface area (Å²) in [6.45, 7) is 3.90. The van der Waals surface area contributed by atoms with E-state index in [0.29, 0.717) is 0 Å². The first kappa shape index (κ1) is 8.32. The van der Waals surface area contributed by atoms with Crippen LogP contribution in [0.3, 0.4) is 0 Å². The van der Waals surface area contributed by atoms with E-state index in [9.17, 15) is 0 Å². The van der Waals surface area contributed by atoms with Crippen LogP contribution in [0.2, 0.25) is 0 Å². The van der Waals surface area contributed by atoms with Gasteiger partial charge in [-0.2, -0.15) is 0 Å². The second-order valence-corrected chi connectivity index (χ2v) is 3.01. The highest BCUT2D eigenvalue weighted by Crippen LogP contribution is 2.21. The van der Waals surface area contributed by atoms with Crippen LogP contribution < -0.4 is 0 Å². The Morgan fingerprint density at radius 1 is 1.31 bits per heavy atom. The minimum Gasteiger partial charge on any atom is -0.405 e. The molecule has 1 aromatic carbocycles. The first-order valence-electron chi connectivity index (χ1n) is 4.58. The van der Waals surface area contributed by atoms with Gasteiger partial charge in [0.2, 0.25) is 0 Å². The molecule has 0 saturated carbocycles. The van der Waals surface area contributed by atoms with E-state index in [1.165, 1.54) is 0 Å². The molecule has 0 amide bonds. The molecule has 1 aliphatic rings. The third-order valence-electron chi connectivity index (χ3n) is 2.12. The van der Waals surface area contributed by atoms with E-state index in [1.807, 2.05) is 23.3 Å². The average molecular weight is 175 g/mol. The molecule has 13 heavy (non-hydrogen) atoms. The van der Waals surface area contributed by atoms with E-state index in [2.05, 4.69) is 25.1 Å². The molecule has 1 aliphatic heterocycles. The molecule has 0 unspecified atom stereocenters. The van der Waals surface area contributed by atoms with Crippen LogP contribution in [-0.2, 0) is 4.84 Å². The quantitative estimate of drug-likeness (QED) is 0.683. The lowest BCUT2D eigenvalue weighted by atomic mass is 10.2. The molecule has 68 valence electrons. The molecule has 2 nitrogen and oxygen atoms in total. The minimum atomic E-state index is 0.890. The molecule has 0 aliphatic carbocycles. The average Bonchev–Trinajstić information content (AvgIpc) is 2.67. The molecule has 0 aromatic heterocycles. The maximum Gasteiger partial charge on any atom is 0.152 e. The molecule has 2 rings (SSSR count). The van der Waals surface area contributed by atoms with Gasteiger partial charge in [-0.15, -0.1) is 5.06 Å². The van der Waals surface area contributed by atoms with Crippen LogP contribution in [0.1, 0.15) is 12.5 Å². The van der Waals surface area contributed by atoms with E-state index in [1.54, 1.807) is 0 Å². The largest absolute Gasteiger partial charge is 0.405 e. The summed E-state index contributed by atoms with van der Waals surface area (Å²) < 4.78 is 0. The predicted octanol–water partition coefficient (Wildman–Crippen LogP) is 2.29. The first-order chi connectivity index (χ1) is 6.40. The van der Waals surface area contributed by atoms with Crippen molar-refractivity contribution in [2.45, 2.75) is 6.92 Å². The molecule has 0 N–H and O–H groups in total. The zero-order valence-electron chi connectivity index (χ0n) is 7.73. The van der Waals surface area contributed by atoms with Crippen LogP contribution in [-0.4, -0.2) is 18.2 Å². The Morgan fingerprint density at radius 2 is 2.08 bits per heavy atom. The summed E-state index contributed by atoms with van der Waals surface area (Å²) in [6, 6.07) is 10.2. The van der Waals surface area contributed by atoms with Crippen molar-refractivity contribution in [2.24, 2.45) is 0 Å². The van der Waals surface area contributed by atoms with Crippen molar-refractivity contribution >= 4 is 5.76 Å². The second-order valence-electron chi connectivity index (χ2n) is 3.01. The number of hydroxylamine groups is 2. The monoisotopic (exact) mass is 175 g/mol. The smallest absolute Gasteiger partial charge is 0.152 e. The number of rotatable bonds is 2. The Balaban J connectivity index is 2.12. The number of likely N-dealkylation sites (N-methyl/N-ethyl adjacent to an activating group) is 1. The van der Waals surface area contributed by atoms with Gasteiger partial charge in [0.15, 0.2) is 5.76 Å². The van der Waals surface area contributed by atoms with E-state index in [4.69, 9.17) is 4.84 Å². The summed E-state index contributed by atoms with van der Waals surface area (Å²) in [6.07, 6.45) is 2.11. The molecule has 0 fully saturated rings. The number of hydrogen-bond donors (Lipinski definition) is 0. The zero-order valence-corrected chi connectivity index (χ0v) is 7.73. The van der Waals surface area contributed by atoms with Gasteiger partial charge >= 0.3 is 0 Å². The molecule has 0 radical (unpaired) electrons. The van der Waals surface area contributed by atoms with Gasteiger partial charge in [0.25, 0.3) is 0 Å². The Bertz CT molecular complexity index is 305. The lowest BCUT2D eigenvalue weighted by Crippen LogP contribution is -2.17. The Labute approximate surface area is 78.4 Å². The number of hydrogen-bond acceptors (Lipinski definition) is 2. The number of nitrogens with zero attached hydrogens (tertiary/aromatic N) is 1. The van der Waals surface area contributed by atoms with Crippen LogP contribution in [0.25, 0.3) is 5.76 Å². The Hall–Kier alpha value is -1.28. The van der Waals surface area contributed by atoms with Gasteiger partial charge in [0.05, 0.1) is 6.54 Å². The summed E-state index contributed by atoms with van der Waals surface area (Å²) in [5.74, 6) is 0.974. The normalized spacial score (nSPS) is 16.8. The SMILES string of the molecule is CCN1CC=C(c2ccccc2)O1. The molecule has 0 atom stereocenters. The van der Waals surface area contributed by atoms with Gasteiger partial charge in [-0.25, -0.2) is 0 Å². The fourth-order valence-corrected chi connectivity index (χ4v) is 1.36. The van der Waals surface area contributed by atoms with Gasteiger partial charge in [0.1, 0.15) is 0 Å². The highest BCUT2D eigenvalue weighted by atomic mass is 16.7. The summed E-state index contributed by atoms with van der Waals surface area (Å²) in [5, 5.41) is 1.93. The predicted molar refractivity (Wildman–Crippen MR) is 52.8 cm³/mol. The van der Waals surface area contributed by atoms with Crippen LogP contribution in [0.4, 0.5) is 0 Å². The third-order valence-corrected chi connectivity index (χ3v) is 2.12. The van der Waals surface area contributed by atoms with Gasteiger partial charge in [-0.05, 0) is 13.0 Å². The molecular formula is C11H13NO. The maximum atomic E-state index is 5.59. The van der Waals surface area contributed by atoms with Crippen LogP contribution in [0.5, 0.6) is 0 Å². The second kappa shape index (κ2) is 3.62. The van der Waals surface area contributed by atoms with Crippen molar-refractivity contribution in [3.05, 3.63) is 42.0 Å². The fraction of sp³-hybridized carbons (Fsp3) is 0.273. The van der Waals surface area contributed by atoms with Crippen LogP contribution in [0, 0.1) is 0 Å². The van der Waals surface area contributed by atoms with Gasteiger partial charge in [-0.3, -0.25) is 0 Å². The van der Waals surface area contributed by atoms with Crippen molar-refractivity contribution in [3.63, 3.8) is 0 Å². The van der Waals surface area contributed by atoms with Crippen LogP contribution >= 0.6 is 0 Å². The van der Waals surface area contributed by atoms with Crippen molar-refractivity contribution in [3.8, 4) is 0 Å². The Kier molecular flexibility index (Phi) is 2.32. The minimum absolute atomic E-state index is 0.890. The maximum absolute atomic E-state index is 5.59. The van der Waals surface area contributed by atoms with Crippen molar-refractivity contribution in [2.75, 3.05) is 13.1 Å². The van der Waals surface area contributed by atoms with E-state index >= 15 is 0 Å². The van der Waals surface area contributed by atoms with Crippen molar-refractivity contribution in [1.82, 2.24) is 5.06 Å². The highest BCUT2D eigenvalue weighted by molar-refractivity contribution is 5.60. The molecule has 1 heterocycles. The Morgan fingerprint density at radius 3 is 2.69 bits per heavy atom. The summed E-state index contributed by atoms with van der Waals surface area (Å²) in [7, 11) is 0. The van der Waals surface area contributed by atoms with E-state index in [0.717, 1.165) is 24.4 Å². The lowest BCUT2D eigenvalue weighted by molar-refractivity contribution is -0.0559. The first-order valence-corrected chi connectivity index (χ1v) is 4.58. The molecule has 0 spiro atoms. The zero-order chi connectivity index (χ0) is 9.10. The summed E-state index contributed by atoms with van der Waals surface area (Å²) in [5.41, 5.74) is 1.15. The summed E-state index contributed by atoms with van der Waals surface area (Å²) in [4.78, 5) is 5.59. The third kappa shape index (κ3) is 1.73. The molecule has 1 aromatic rings. The van der Waals surface area contributed by atoms with Gasteiger partial charge in [0, 0.05) is 12.1 Å². The van der Waals surface area contributed by atoms with Gasteiger partial charge < -0.3 is 4.84 Å². The molecular weight excluding hydrogens is 162 g/mol. The van der Waals surface area contributed by atoms with E-state index in [-0.39, 0.29) is 0 Å². The summed E-state index contributed by atoms with van der Waals surface area (Å²) >= 11 is 0. The highest BCUT2D eigenvalue weighted by Gasteiger charge is 2.14. The molecule has 0 bridgehead atoms. The topological polar surface area (TPSA) is 12.5 Å². The molecule has 0 saturated heterocycles. The van der Waals surface area contributed by atoms with E-state index < -0.39 is 0 Å². The van der Waals surface area contributed by atoms with Gasteiger partial charge in [-0.1, -0.05) is 30.3 Å². The van der Waals surface area contributed by atoms with Crippen molar-refractivity contribution < 1.29 is 4.84 Å². The van der Waals surface area contributed by atoms with Crippen LogP contribution in [0.15, 0.2) is 36.4 Å². The number of benzene rings is 1. The molecule has 2 heteroatoms.